The van der Waals surface area contributed by atoms with Gasteiger partial charge in [-0.25, -0.2) is 5.14 Å². The molecule has 0 aromatic carbocycles. The molecule has 1 aliphatic heterocycles. The fraction of sp³-hybridized carbons (Fsp3) is 1.00. The molecule has 0 aromatic heterocycles. The Kier molecular flexibility index (Phi) is 3.66. The van der Waals surface area contributed by atoms with E-state index in [9.17, 15) is 8.42 Å². The molecular formula is C7H17N3O2S. The Balaban J connectivity index is 2.42. The first-order chi connectivity index (χ1) is 5.99. The van der Waals surface area contributed by atoms with E-state index >= 15 is 0 Å². The predicted molar refractivity (Wildman–Crippen MR) is 51.3 cm³/mol. The maximum atomic E-state index is 10.7. The van der Waals surface area contributed by atoms with E-state index in [1.54, 1.807) is 0 Å². The van der Waals surface area contributed by atoms with Crippen LogP contribution in [-0.4, -0.2) is 27.0 Å². The summed E-state index contributed by atoms with van der Waals surface area (Å²) in [6.07, 6.45) is 3.32. The second kappa shape index (κ2) is 4.36. The van der Waals surface area contributed by atoms with E-state index in [2.05, 4.69) is 10.0 Å². The molecular weight excluding hydrogens is 190 g/mol. The predicted octanol–water partition coefficient (Wildman–Crippen LogP) is -0.690. The Bertz CT molecular complexity index is 246. The first-order valence-corrected chi connectivity index (χ1v) is 6.07. The molecule has 0 radical (unpaired) electrons. The van der Waals surface area contributed by atoms with E-state index in [-0.39, 0.29) is 12.1 Å². The summed E-state index contributed by atoms with van der Waals surface area (Å²) in [6, 6.07) is 0.0855. The largest absolute Gasteiger partial charge is 0.312 e. The van der Waals surface area contributed by atoms with Crippen LogP contribution in [0, 0.1) is 0 Å². The van der Waals surface area contributed by atoms with Crippen molar-refractivity contribution in [3.63, 3.8) is 0 Å². The molecule has 5 nitrogen and oxygen atoms in total. The highest BCUT2D eigenvalue weighted by molar-refractivity contribution is 7.87. The molecule has 0 bridgehead atoms. The molecule has 1 aliphatic rings. The van der Waals surface area contributed by atoms with Crippen molar-refractivity contribution < 1.29 is 8.42 Å². The zero-order valence-electron chi connectivity index (χ0n) is 7.79. The van der Waals surface area contributed by atoms with Gasteiger partial charge in [0.05, 0.1) is 0 Å². The molecule has 13 heavy (non-hydrogen) atoms. The summed E-state index contributed by atoms with van der Waals surface area (Å²) in [7, 11) is -3.56. The lowest BCUT2D eigenvalue weighted by Gasteiger charge is -2.28. The summed E-state index contributed by atoms with van der Waals surface area (Å²) >= 11 is 0. The molecule has 0 spiro atoms. The average Bonchev–Trinajstić information content (AvgIpc) is 2.03. The normalized spacial score (nSPS) is 27.1. The molecule has 0 amide bonds. The second-order valence-electron chi connectivity index (χ2n) is 3.51. The van der Waals surface area contributed by atoms with Gasteiger partial charge < -0.3 is 5.32 Å². The van der Waals surface area contributed by atoms with Crippen molar-refractivity contribution in [1.82, 2.24) is 10.0 Å². The van der Waals surface area contributed by atoms with Gasteiger partial charge in [0.1, 0.15) is 0 Å². The second-order valence-corrected chi connectivity index (χ2v) is 4.83. The molecule has 6 heteroatoms. The number of rotatable bonds is 3. The van der Waals surface area contributed by atoms with Gasteiger partial charge in [0.15, 0.2) is 0 Å². The molecule has 78 valence electrons. The van der Waals surface area contributed by atoms with Crippen molar-refractivity contribution in [2.75, 3.05) is 6.54 Å². The topological polar surface area (TPSA) is 84.2 Å². The van der Waals surface area contributed by atoms with Crippen molar-refractivity contribution in [2.24, 2.45) is 5.14 Å². The molecule has 1 saturated heterocycles. The SMILES string of the molecule is CC(NS(N)(=O)=O)C1CCCCN1. The molecule has 1 heterocycles. The van der Waals surface area contributed by atoms with Gasteiger partial charge in [-0.2, -0.15) is 13.1 Å². The van der Waals surface area contributed by atoms with Crippen LogP contribution >= 0.6 is 0 Å². The van der Waals surface area contributed by atoms with Crippen LogP contribution in [-0.2, 0) is 10.2 Å². The summed E-state index contributed by atoms with van der Waals surface area (Å²) in [6.45, 7) is 2.79. The maximum Gasteiger partial charge on any atom is 0.274 e. The summed E-state index contributed by atoms with van der Waals surface area (Å²) in [5, 5.41) is 8.14. The van der Waals surface area contributed by atoms with Crippen LogP contribution in [0.4, 0.5) is 0 Å². The van der Waals surface area contributed by atoms with Crippen LogP contribution in [0.1, 0.15) is 26.2 Å². The van der Waals surface area contributed by atoms with Crippen LogP contribution in [0.2, 0.25) is 0 Å². The highest BCUT2D eigenvalue weighted by Crippen LogP contribution is 2.10. The van der Waals surface area contributed by atoms with E-state index in [1.807, 2.05) is 6.92 Å². The highest BCUT2D eigenvalue weighted by Gasteiger charge is 2.21. The minimum Gasteiger partial charge on any atom is -0.312 e. The van der Waals surface area contributed by atoms with Gasteiger partial charge in [-0.05, 0) is 26.3 Å². The molecule has 0 saturated carbocycles. The third kappa shape index (κ3) is 4.04. The van der Waals surface area contributed by atoms with E-state index in [0.717, 1.165) is 19.4 Å². The molecule has 1 rings (SSSR count). The van der Waals surface area contributed by atoms with Gasteiger partial charge in [0.2, 0.25) is 0 Å². The quantitative estimate of drug-likeness (QED) is 0.572. The van der Waals surface area contributed by atoms with Crippen LogP contribution < -0.4 is 15.2 Å². The van der Waals surface area contributed by atoms with Gasteiger partial charge in [0, 0.05) is 12.1 Å². The average molecular weight is 207 g/mol. The lowest BCUT2D eigenvalue weighted by molar-refractivity contribution is 0.347. The number of hydrogen-bond donors (Lipinski definition) is 3. The first-order valence-electron chi connectivity index (χ1n) is 4.52. The van der Waals surface area contributed by atoms with Gasteiger partial charge in [-0.3, -0.25) is 0 Å². The van der Waals surface area contributed by atoms with E-state index in [4.69, 9.17) is 5.14 Å². The van der Waals surface area contributed by atoms with Crippen molar-refractivity contribution >= 4 is 10.2 Å². The Morgan fingerprint density at radius 1 is 1.54 bits per heavy atom. The molecule has 2 atom stereocenters. The van der Waals surface area contributed by atoms with Gasteiger partial charge in [-0.15, -0.1) is 0 Å². The summed E-state index contributed by atoms with van der Waals surface area (Å²) < 4.78 is 23.8. The minimum atomic E-state index is -3.56. The Morgan fingerprint density at radius 3 is 2.69 bits per heavy atom. The molecule has 2 unspecified atom stereocenters. The fourth-order valence-electron chi connectivity index (χ4n) is 1.65. The lowest BCUT2D eigenvalue weighted by Crippen LogP contribution is -2.51. The number of nitrogens with one attached hydrogen (secondary N) is 2. The monoisotopic (exact) mass is 207 g/mol. The summed E-state index contributed by atoms with van der Waals surface area (Å²) in [4.78, 5) is 0. The van der Waals surface area contributed by atoms with Crippen molar-refractivity contribution in [2.45, 2.75) is 38.3 Å². The summed E-state index contributed by atoms with van der Waals surface area (Å²) in [5.74, 6) is 0. The van der Waals surface area contributed by atoms with Crippen LogP contribution in [0.3, 0.4) is 0 Å². The van der Waals surface area contributed by atoms with Crippen LogP contribution in [0.25, 0.3) is 0 Å². The zero-order valence-corrected chi connectivity index (χ0v) is 8.60. The molecule has 1 fully saturated rings. The Labute approximate surface area is 79.3 Å². The van der Waals surface area contributed by atoms with Gasteiger partial charge in [0.25, 0.3) is 10.2 Å². The van der Waals surface area contributed by atoms with Crippen LogP contribution in [0.15, 0.2) is 0 Å². The van der Waals surface area contributed by atoms with E-state index < -0.39 is 10.2 Å². The fourth-order valence-corrected chi connectivity index (χ4v) is 2.33. The number of piperidine rings is 1. The smallest absolute Gasteiger partial charge is 0.274 e. The summed E-state index contributed by atoms with van der Waals surface area (Å²) in [5.41, 5.74) is 0. The van der Waals surface area contributed by atoms with Crippen molar-refractivity contribution in [3.8, 4) is 0 Å². The standard InChI is InChI=1S/C7H17N3O2S/c1-6(10-13(8,11)12)7-4-2-3-5-9-7/h6-7,9-10H,2-5H2,1H3,(H2,8,11,12). The minimum absolute atomic E-state index is 0.129. The number of nitrogens with two attached hydrogens (primary N) is 1. The highest BCUT2D eigenvalue weighted by atomic mass is 32.2. The molecule has 0 aromatic rings. The van der Waals surface area contributed by atoms with Crippen molar-refractivity contribution in [3.05, 3.63) is 0 Å². The lowest BCUT2D eigenvalue weighted by atomic mass is 10.00. The van der Waals surface area contributed by atoms with E-state index in [1.165, 1.54) is 6.42 Å². The third-order valence-electron chi connectivity index (χ3n) is 2.30. The Morgan fingerprint density at radius 2 is 2.23 bits per heavy atom. The van der Waals surface area contributed by atoms with Crippen LogP contribution in [0.5, 0.6) is 0 Å². The molecule has 4 N–H and O–H groups in total. The van der Waals surface area contributed by atoms with Gasteiger partial charge in [-0.1, -0.05) is 6.42 Å². The number of hydrogen-bond acceptors (Lipinski definition) is 3. The first kappa shape index (κ1) is 10.9. The Hall–Kier alpha value is -0.170. The maximum absolute atomic E-state index is 10.7. The van der Waals surface area contributed by atoms with Gasteiger partial charge >= 0.3 is 0 Å². The zero-order chi connectivity index (χ0) is 9.90. The van der Waals surface area contributed by atoms with E-state index in [0.29, 0.717) is 0 Å². The molecule has 0 aliphatic carbocycles. The third-order valence-corrected chi connectivity index (χ3v) is 3.00. The van der Waals surface area contributed by atoms with Crippen molar-refractivity contribution in [1.29, 1.82) is 0 Å².